The number of hydrogen-bond donors (Lipinski definition) is 1. The Kier molecular flexibility index (Phi) is 4.14. The summed E-state index contributed by atoms with van der Waals surface area (Å²) in [6.45, 7) is 7.27. The van der Waals surface area contributed by atoms with Crippen molar-refractivity contribution in [2.75, 3.05) is 6.54 Å². The van der Waals surface area contributed by atoms with Crippen molar-refractivity contribution < 1.29 is 19.5 Å². The van der Waals surface area contributed by atoms with Crippen molar-refractivity contribution >= 4 is 17.8 Å². The van der Waals surface area contributed by atoms with E-state index in [1.54, 1.807) is 13.8 Å². The molecule has 1 atom stereocenters. The number of imide groups is 1. The van der Waals surface area contributed by atoms with Gasteiger partial charge in [0.05, 0.1) is 11.3 Å². The lowest BCUT2D eigenvalue weighted by atomic mass is 9.92. The van der Waals surface area contributed by atoms with Crippen LogP contribution in [0, 0.1) is 17.3 Å². The second-order valence-corrected chi connectivity index (χ2v) is 6.03. The summed E-state index contributed by atoms with van der Waals surface area (Å²) in [5.41, 5.74) is -0.696. The fraction of sp³-hybridized carbons (Fsp3) is 0.769. The molecule has 1 heterocycles. The van der Waals surface area contributed by atoms with E-state index in [4.69, 9.17) is 5.11 Å². The van der Waals surface area contributed by atoms with Gasteiger partial charge in [-0.05, 0) is 12.3 Å². The Bertz CT molecular complexity index is 373. The van der Waals surface area contributed by atoms with Crippen LogP contribution < -0.4 is 0 Å². The second kappa shape index (κ2) is 5.08. The Hall–Kier alpha value is -1.39. The molecule has 0 aromatic carbocycles. The van der Waals surface area contributed by atoms with Crippen molar-refractivity contribution in [2.45, 2.75) is 40.5 Å². The molecule has 2 amide bonds. The van der Waals surface area contributed by atoms with Crippen molar-refractivity contribution in [3.8, 4) is 0 Å². The molecular weight excluding hydrogens is 234 g/mol. The predicted molar refractivity (Wildman–Crippen MR) is 65.7 cm³/mol. The highest BCUT2D eigenvalue weighted by atomic mass is 16.4. The van der Waals surface area contributed by atoms with Gasteiger partial charge in [-0.15, -0.1) is 0 Å². The molecule has 1 fully saturated rings. The molecule has 1 rings (SSSR count). The minimum absolute atomic E-state index is 0.00535. The summed E-state index contributed by atoms with van der Waals surface area (Å²) in [6, 6.07) is 0. The number of hydrogen-bond acceptors (Lipinski definition) is 3. The smallest absolute Gasteiger partial charge is 0.308 e. The average Bonchev–Trinajstić information content (AvgIpc) is 2.38. The van der Waals surface area contributed by atoms with Crippen molar-refractivity contribution in [1.82, 2.24) is 4.90 Å². The molecule has 1 aliphatic rings. The Morgan fingerprint density at radius 3 is 2.28 bits per heavy atom. The largest absolute Gasteiger partial charge is 0.481 e. The summed E-state index contributed by atoms with van der Waals surface area (Å²) in [7, 11) is 0. The van der Waals surface area contributed by atoms with Gasteiger partial charge < -0.3 is 5.11 Å². The number of rotatable bonds is 5. The number of likely N-dealkylation sites (tertiary alicyclic amines) is 1. The standard InChI is InChI=1S/C13H21NO4/c1-8(2)5-9(11(16)17)7-14-10(15)6-13(3,4)12(14)18/h8-9H,5-7H2,1-4H3,(H,16,17). The molecule has 1 saturated heterocycles. The molecule has 102 valence electrons. The van der Waals surface area contributed by atoms with Crippen LogP contribution in [0.4, 0.5) is 0 Å². The summed E-state index contributed by atoms with van der Waals surface area (Å²) < 4.78 is 0. The molecule has 0 radical (unpaired) electrons. The number of carbonyl (C=O) groups excluding carboxylic acids is 2. The molecule has 1 unspecified atom stereocenters. The van der Waals surface area contributed by atoms with Crippen molar-refractivity contribution in [1.29, 1.82) is 0 Å². The molecule has 1 N–H and O–H groups in total. The normalized spacial score (nSPS) is 20.6. The Balaban J connectivity index is 2.79. The van der Waals surface area contributed by atoms with E-state index < -0.39 is 17.3 Å². The Morgan fingerprint density at radius 2 is 1.94 bits per heavy atom. The van der Waals surface area contributed by atoms with E-state index in [1.807, 2.05) is 13.8 Å². The number of carboxylic acid groups (broad SMARTS) is 1. The lowest BCUT2D eigenvalue weighted by molar-refractivity contribution is -0.147. The van der Waals surface area contributed by atoms with Crippen LogP contribution in [0.3, 0.4) is 0 Å². The highest BCUT2D eigenvalue weighted by molar-refractivity contribution is 6.05. The Morgan fingerprint density at radius 1 is 1.39 bits per heavy atom. The van der Waals surface area contributed by atoms with Crippen LogP contribution in [0.15, 0.2) is 0 Å². The number of nitrogens with zero attached hydrogens (tertiary/aromatic N) is 1. The molecule has 0 aromatic rings. The zero-order valence-corrected chi connectivity index (χ0v) is 11.4. The van der Waals surface area contributed by atoms with E-state index in [-0.39, 0.29) is 30.7 Å². The Labute approximate surface area is 107 Å². The molecule has 18 heavy (non-hydrogen) atoms. The SMILES string of the molecule is CC(C)CC(CN1C(=O)CC(C)(C)C1=O)C(=O)O. The third-order valence-corrected chi connectivity index (χ3v) is 3.23. The van der Waals surface area contributed by atoms with Gasteiger partial charge in [0.25, 0.3) is 0 Å². The highest BCUT2D eigenvalue weighted by Gasteiger charge is 2.45. The van der Waals surface area contributed by atoms with Gasteiger partial charge in [0.15, 0.2) is 0 Å². The molecule has 1 aliphatic heterocycles. The second-order valence-electron chi connectivity index (χ2n) is 6.03. The quantitative estimate of drug-likeness (QED) is 0.756. The minimum Gasteiger partial charge on any atom is -0.481 e. The van der Waals surface area contributed by atoms with Crippen molar-refractivity contribution in [3.05, 3.63) is 0 Å². The first kappa shape index (κ1) is 14.7. The van der Waals surface area contributed by atoms with Gasteiger partial charge >= 0.3 is 5.97 Å². The van der Waals surface area contributed by atoms with Crippen LogP contribution in [-0.2, 0) is 14.4 Å². The molecule has 0 aromatic heterocycles. The van der Waals surface area contributed by atoms with Gasteiger partial charge in [0, 0.05) is 13.0 Å². The van der Waals surface area contributed by atoms with E-state index in [9.17, 15) is 14.4 Å². The zero-order chi connectivity index (χ0) is 14.1. The highest BCUT2D eigenvalue weighted by Crippen LogP contribution is 2.32. The molecule has 0 saturated carbocycles. The number of carbonyl (C=O) groups is 3. The summed E-state index contributed by atoms with van der Waals surface area (Å²) in [6.07, 6.45) is 0.632. The topological polar surface area (TPSA) is 74.7 Å². The van der Waals surface area contributed by atoms with Crippen LogP contribution in [0.5, 0.6) is 0 Å². The molecular formula is C13H21NO4. The summed E-state index contributed by atoms with van der Waals surface area (Å²) in [4.78, 5) is 36.0. The van der Waals surface area contributed by atoms with E-state index in [2.05, 4.69) is 0 Å². The first-order valence-corrected chi connectivity index (χ1v) is 6.22. The molecule has 5 nitrogen and oxygen atoms in total. The van der Waals surface area contributed by atoms with E-state index in [1.165, 1.54) is 0 Å². The molecule has 0 spiro atoms. The van der Waals surface area contributed by atoms with Crippen LogP contribution in [0.25, 0.3) is 0 Å². The predicted octanol–water partition coefficient (Wildman–Crippen LogP) is 1.52. The summed E-state index contributed by atoms with van der Waals surface area (Å²) in [5.74, 6) is -1.93. The van der Waals surface area contributed by atoms with Crippen LogP contribution in [-0.4, -0.2) is 34.3 Å². The third-order valence-electron chi connectivity index (χ3n) is 3.23. The lowest BCUT2D eigenvalue weighted by Gasteiger charge is -2.22. The lowest BCUT2D eigenvalue weighted by Crippen LogP contribution is -2.39. The fourth-order valence-corrected chi connectivity index (χ4v) is 2.26. The summed E-state index contributed by atoms with van der Waals surface area (Å²) >= 11 is 0. The van der Waals surface area contributed by atoms with E-state index >= 15 is 0 Å². The van der Waals surface area contributed by atoms with Crippen LogP contribution in [0.1, 0.15) is 40.5 Å². The fourth-order valence-electron chi connectivity index (χ4n) is 2.26. The summed E-state index contributed by atoms with van der Waals surface area (Å²) in [5, 5.41) is 9.14. The van der Waals surface area contributed by atoms with Gasteiger partial charge in [0.1, 0.15) is 0 Å². The number of aliphatic carboxylic acids is 1. The van der Waals surface area contributed by atoms with Crippen LogP contribution >= 0.6 is 0 Å². The maximum absolute atomic E-state index is 12.0. The van der Waals surface area contributed by atoms with Gasteiger partial charge in [-0.3, -0.25) is 19.3 Å². The zero-order valence-electron chi connectivity index (χ0n) is 11.4. The van der Waals surface area contributed by atoms with Gasteiger partial charge in [-0.2, -0.15) is 0 Å². The van der Waals surface area contributed by atoms with Crippen LogP contribution in [0.2, 0.25) is 0 Å². The minimum atomic E-state index is -0.950. The average molecular weight is 255 g/mol. The van der Waals surface area contributed by atoms with Gasteiger partial charge in [0.2, 0.25) is 11.8 Å². The van der Waals surface area contributed by atoms with Crippen molar-refractivity contribution in [2.24, 2.45) is 17.3 Å². The van der Waals surface area contributed by atoms with E-state index in [0.29, 0.717) is 6.42 Å². The van der Waals surface area contributed by atoms with Crippen molar-refractivity contribution in [3.63, 3.8) is 0 Å². The molecule has 5 heteroatoms. The van der Waals surface area contributed by atoms with Gasteiger partial charge in [-0.1, -0.05) is 27.7 Å². The number of carboxylic acids is 1. The molecule has 0 bridgehead atoms. The third kappa shape index (κ3) is 3.09. The van der Waals surface area contributed by atoms with E-state index in [0.717, 1.165) is 4.90 Å². The number of amides is 2. The molecule has 0 aliphatic carbocycles. The monoisotopic (exact) mass is 255 g/mol. The maximum Gasteiger partial charge on any atom is 0.308 e. The van der Waals surface area contributed by atoms with Gasteiger partial charge in [-0.25, -0.2) is 0 Å². The first-order valence-electron chi connectivity index (χ1n) is 6.22. The maximum atomic E-state index is 12.0. The first-order chi connectivity index (χ1) is 8.15.